The summed E-state index contributed by atoms with van der Waals surface area (Å²) < 4.78 is 49.6. The van der Waals surface area contributed by atoms with Crippen LogP contribution in [0.4, 0.5) is 13.2 Å². The first kappa shape index (κ1) is 53.4. The molecule has 64 heavy (non-hydrogen) atoms. The standard InChI is InChI=1S/C44H61ClF3N7O8S/c1-23(2)16-30-40(59)53(8)26(7)43(62)63-35(12-11-15-49)39(58)51-31(17-24(3)4)41(60)54(9)33(18-25(5)6)37(56)52-32(21-44(46,47)48)42(61)55(10)34(38(57)50-30)19-27-22-64-36-14-13-28(45)20-29(27)36/h13-14,20,22-26,30-35H,11-12,16-19,21H2,1-10H3,(H,50,57)(H,51,58)(H,52,56)/t26-,30-,31-,32-,33-,34-,35+/m0/s1. The van der Waals surface area contributed by atoms with E-state index in [0.29, 0.717) is 16.0 Å². The van der Waals surface area contributed by atoms with Gasteiger partial charge in [0.05, 0.1) is 12.5 Å². The fourth-order valence-corrected chi connectivity index (χ4v) is 8.53. The van der Waals surface area contributed by atoms with E-state index in [4.69, 9.17) is 16.3 Å². The Morgan fingerprint density at radius 3 is 1.81 bits per heavy atom. The molecule has 1 aliphatic heterocycles. The van der Waals surface area contributed by atoms with Crippen molar-refractivity contribution in [2.24, 2.45) is 17.8 Å². The summed E-state index contributed by atoms with van der Waals surface area (Å²) in [5.74, 6) is -7.61. The number of likely N-dealkylation sites (N-methyl/N-ethyl adjacent to an activating group) is 3. The lowest BCUT2D eigenvalue weighted by Gasteiger charge is -2.35. The molecule has 2 heterocycles. The number of nitrogens with one attached hydrogen (secondary N) is 3. The molecule has 0 radical (unpaired) electrons. The number of carbonyl (C=O) groups is 7. The number of esters is 1. The molecule has 1 aliphatic rings. The molecule has 0 unspecified atom stereocenters. The predicted molar refractivity (Wildman–Crippen MR) is 235 cm³/mol. The first-order chi connectivity index (χ1) is 29.8. The molecule has 0 saturated carbocycles. The molecule has 1 aromatic heterocycles. The van der Waals surface area contributed by atoms with Gasteiger partial charge in [-0.05, 0) is 78.5 Å². The molecule has 7 atom stereocenters. The van der Waals surface area contributed by atoms with Crippen LogP contribution in [0.15, 0.2) is 23.6 Å². The molecule has 3 rings (SSSR count). The topological polar surface area (TPSA) is 198 Å². The number of hydrogen-bond acceptors (Lipinski definition) is 10. The van der Waals surface area contributed by atoms with Gasteiger partial charge in [0.1, 0.15) is 36.3 Å². The highest BCUT2D eigenvalue weighted by Crippen LogP contribution is 2.31. The zero-order valence-corrected chi connectivity index (χ0v) is 39.6. The van der Waals surface area contributed by atoms with Crippen molar-refractivity contribution in [3.63, 3.8) is 0 Å². The molecule has 0 aliphatic carbocycles. The molecule has 1 aromatic carbocycles. The second-order valence-electron chi connectivity index (χ2n) is 17.7. The minimum atomic E-state index is -5.00. The second kappa shape index (κ2) is 23.3. The van der Waals surface area contributed by atoms with Crippen molar-refractivity contribution in [2.75, 3.05) is 21.1 Å². The van der Waals surface area contributed by atoms with Crippen LogP contribution >= 0.6 is 22.9 Å². The molecular formula is C44H61ClF3N7O8S. The van der Waals surface area contributed by atoms with Gasteiger partial charge in [-0.3, -0.25) is 28.8 Å². The van der Waals surface area contributed by atoms with E-state index in [-0.39, 0.29) is 56.3 Å². The number of thiophene rings is 1. The van der Waals surface area contributed by atoms with E-state index in [2.05, 4.69) is 16.0 Å². The van der Waals surface area contributed by atoms with Crippen LogP contribution in [0.25, 0.3) is 10.1 Å². The Hall–Kier alpha value is -4.96. The molecule has 0 spiro atoms. The number of halogens is 4. The van der Waals surface area contributed by atoms with Crippen molar-refractivity contribution in [2.45, 2.75) is 142 Å². The summed E-state index contributed by atoms with van der Waals surface area (Å²) in [6, 6.07) is -2.35. The second-order valence-corrected chi connectivity index (χ2v) is 19.0. The maximum absolute atomic E-state index is 14.6. The van der Waals surface area contributed by atoms with Crippen LogP contribution in [-0.2, 0) is 44.7 Å². The van der Waals surface area contributed by atoms with Gasteiger partial charge in [-0.1, -0.05) is 53.1 Å². The number of benzene rings is 1. The van der Waals surface area contributed by atoms with Crippen molar-refractivity contribution in [3.8, 4) is 6.07 Å². The number of ether oxygens (including phenoxy) is 1. The largest absolute Gasteiger partial charge is 0.451 e. The number of rotatable bonds is 11. The van der Waals surface area contributed by atoms with Crippen LogP contribution < -0.4 is 16.0 Å². The van der Waals surface area contributed by atoms with Crippen LogP contribution in [0, 0.1) is 29.1 Å². The summed E-state index contributed by atoms with van der Waals surface area (Å²) >= 11 is 7.63. The minimum Gasteiger partial charge on any atom is -0.451 e. The van der Waals surface area contributed by atoms with E-state index in [9.17, 15) is 52.0 Å². The lowest BCUT2D eigenvalue weighted by Crippen LogP contribution is -2.61. The molecule has 2 aromatic rings. The number of amides is 6. The third kappa shape index (κ3) is 14.8. The molecule has 15 nitrogen and oxygen atoms in total. The summed E-state index contributed by atoms with van der Waals surface area (Å²) in [7, 11) is 3.67. The van der Waals surface area contributed by atoms with Crippen molar-refractivity contribution < 1.29 is 51.5 Å². The number of hydrogen-bond donors (Lipinski definition) is 3. The van der Waals surface area contributed by atoms with Crippen molar-refractivity contribution in [3.05, 3.63) is 34.2 Å². The Balaban J connectivity index is 2.30. The van der Waals surface area contributed by atoms with E-state index >= 15 is 0 Å². The number of nitrogens with zero attached hydrogens (tertiary/aromatic N) is 4. The van der Waals surface area contributed by atoms with Gasteiger partial charge in [0.15, 0.2) is 6.10 Å². The van der Waals surface area contributed by atoms with E-state index < -0.39 is 96.4 Å². The van der Waals surface area contributed by atoms with E-state index in [1.807, 2.05) is 6.07 Å². The van der Waals surface area contributed by atoms with Crippen LogP contribution in [0.1, 0.15) is 92.6 Å². The molecule has 20 heteroatoms. The number of carbonyl (C=O) groups excluding carboxylic acids is 7. The molecule has 6 amide bonds. The van der Waals surface area contributed by atoms with Crippen molar-refractivity contribution >= 4 is 74.4 Å². The Morgan fingerprint density at radius 1 is 0.766 bits per heavy atom. The first-order valence-corrected chi connectivity index (χ1v) is 22.5. The number of alkyl halides is 3. The molecule has 0 bridgehead atoms. The Kier molecular flexibility index (Phi) is 19.4. The smallest absolute Gasteiger partial charge is 0.391 e. The van der Waals surface area contributed by atoms with E-state index in [1.54, 1.807) is 65.1 Å². The van der Waals surface area contributed by atoms with Gasteiger partial charge in [-0.15, -0.1) is 11.3 Å². The average molecular weight is 941 g/mol. The fourth-order valence-electron chi connectivity index (χ4n) is 7.40. The van der Waals surface area contributed by atoms with Gasteiger partial charge in [0.2, 0.25) is 29.5 Å². The third-order valence-corrected chi connectivity index (χ3v) is 12.2. The summed E-state index contributed by atoms with van der Waals surface area (Å²) in [4.78, 5) is 102. The number of cyclic esters (lactones) is 1. The summed E-state index contributed by atoms with van der Waals surface area (Å²) in [6.45, 7) is 11.9. The predicted octanol–water partition coefficient (Wildman–Crippen LogP) is 5.37. The molecule has 354 valence electrons. The maximum Gasteiger partial charge on any atom is 0.391 e. The highest BCUT2D eigenvalue weighted by molar-refractivity contribution is 7.17. The monoisotopic (exact) mass is 939 g/mol. The molecule has 3 N–H and O–H groups in total. The van der Waals surface area contributed by atoms with Crippen molar-refractivity contribution in [1.29, 1.82) is 5.26 Å². The van der Waals surface area contributed by atoms with E-state index in [1.165, 1.54) is 32.4 Å². The third-order valence-electron chi connectivity index (χ3n) is 11.0. The van der Waals surface area contributed by atoms with Gasteiger partial charge in [-0.25, -0.2) is 4.79 Å². The maximum atomic E-state index is 14.6. The minimum absolute atomic E-state index is 0.0166. The van der Waals surface area contributed by atoms with Gasteiger partial charge >= 0.3 is 12.1 Å². The molecule has 1 saturated heterocycles. The number of nitriles is 1. The molecule has 1 fully saturated rings. The van der Waals surface area contributed by atoms with Crippen LogP contribution in [-0.4, -0.2) is 126 Å². The lowest BCUT2D eigenvalue weighted by atomic mass is 9.97. The van der Waals surface area contributed by atoms with Gasteiger partial charge < -0.3 is 35.4 Å². The van der Waals surface area contributed by atoms with Gasteiger partial charge in [0, 0.05) is 50.1 Å². The van der Waals surface area contributed by atoms with Crippen LogP contribution in [0.5, 0.6) is 0 Å². The summed E-state index contributed by atoms with van der Waals surface area (Å²) in [6.07, 6.45) is -9.24. The Labute approximate surface area is 381 Å². The highest BCUT2D eigenvalue weighted by Gasteiger charge is 2.43. The SMILES string of the molecule is CC(C)C[C@@H]1NC(=O)[C@H](Cc2csc3ccc(Cl)cc23)N(C)C(=O)[C@H](CC(F)(F)F)NC(=O)[C@H](CC(C)C)N(C)C(=O)[C@H](CC(C)C)NC(=O)[C@@H](CCC#N)OC(=O)[C@H](C)N(C)C1=O. The normalized spacial score (nSPS) is 24.5. The fraction of sp³-hybridized carbons (Fsp3) is 0.636. The van der Waals surface area contributed by atoms with Crippen LogP contribution in [0.3, 0.4) is 0 Å². The average Bonchev–Trinajstić information content (AvgIpc) is 3.60. The molecular weight excluding hydrogens is 879 g/mol. The van der Waals surface area contributed by atoms with Crippen LogP contribution in [0.2, 0.25) is 5.02 Å². The number of fused-ring (bicyclic) bond motifs is 1. The Bertz CT molecular complexity index is 2060. The van der Waals surface area contributed by atoms with E-state index in [0.717, 1.165) is 26.4 Å². The first-order valence-electron chi connectivity index (χ1n) is 21.3. The van der Waals surface area contributed by atoms with Gasteiger partial charge in [0.25, 0.3) is 5.91 Å². The zero-order chi connectivity index (χ0) is 48.4. The van der Waals surface area contributed by atoms with Gasteiger partial charge in [-0.2, -0.15) is 18.4 Å². The lowest BCUT2D eigenvalue weighted by molar-refractivity contribution is -0.163. The van der Waals surface area contributed by atoms with Crippen molar-refractivity contribution in [1.82, 2.24) is 30.7 Å². The summed E-state index contributed by atoms with van der Waals surface area (Å²) in [5.41, 5.74) is 0.520. The summed E-state index contributed by atoms with van der Waals surface area (Å²) in [5, 5.41) is 19.6. The quantitative estimate of drug-likeness (QED) is 0.248. The zero-order valence-electron chi connectivity index (χ0n) is 38.0. The highest BCUT2D eigenvalue weighted by atomic mass is 35.5. The Morgan fingerprint density at radius 2 is 1.27 bits per heavy atom.